The van der Waals surface area contributed by atoms with Gasteiger partial charge >= 0.3 is 6.36 Å². The lowest BCUT2D eigenvalue weighted by molar-refractivity contribution is -0.274. The van der Waals surface area contributed by atoms with Crippen LogP contribution in [0.15, 0.2) is 42.7 Å². The zero-order valence-electron chi connectivity index (χ0n) is 9.61. The van der Waals surface area contributed by atoms with Crippen LogP contribution in [0.3, 0.4) is 0 Å². The number of pyridine rings is 1. The minimum atomic E-state index is -4.71. The summed E-state index contributed by atoms with van der Waals surface area (Å²) in [4.78, 5) is 3.81. The number of nitrogens with two attached hydrogens (primary N) is 1. The molecular formula is C12H10F3N3O. The fraction of sp³-hybridized carbons (Fsp3) is 0.0833. The molecule has 0 radical (unpaired) electrons. The molecule has 0 aliphatic heterocycles. The highest BCUT2D eigenvalue weighted by Gasteiger charge is 2.31. The number of benzene rings is 1. The predicted molar refractivity (Wildman–Crippen MR) is 65.1 cm³/mol. The van der Waals surface area contributed by atoms with Crippen LogP contribution in [-0.2, 0) is 0 Å². The second-order valence-corrected chi connectivity index (χ2v) is 3.66. The average Bonchev–Trinajstić information content (AvgIpc) is 2.30. The summed E-state index contributed by atoms with van der Waals surface area (Å²) in [6, 6.07) is 7.11. The zero-order chi connectivity index (χ0) is 13.9. The summed E-state index contributed by atoms with van der Waals surface area (Å²) < 4.78 is 40.1. The van der Waals surface area contributed by atoms with Crippen molar-refractivity contribution in [2.75, 3.05) is 11.1 Å². The van der Waals surface area contributed by atoms with Gasteiger partial charge in [0.05, 0.1) is 17.6 Å². The summed E-state index contributed by atoms with van der Waals surface area (Å²) in [5.41, 5.74) is 7.05. The molecule has 100 valence electrons. The van der Waals surface area contributed by atoms with Crippen LogP contribution in [0.4, 0.5) is 30.2 Å². The van der Waals surface area contributed by atoms with Gasteiger partial charge in [0.15, 0.2) is 0 Å². The maximum Gasteiger partial charge on any atom is 0.573 e. The molecular weight excluding hydrogens is 259 g/mol. The average molecular weight is 269 g/mol. The van der Waals surface area contributed by atoms with Crippen LogP contribution < -0.4 is 15.8 Å². The first kappa shape index (κ1) is 13.0. The minimum Gasteiger partial charge on any atom is -0.406 e. The Hall–Kier alpha value is -2.44. The molecule has 1 heterocycles. The number of anilines is 3. The molecule has 7 heteroatoms. The second-order valence-electron chi connectivity index (χ2n) is 3.66. The van der Waals surface area contributed by atoms with Crippen molar-refractivity contribution in [1.29, 1.82) is 0 Å². The highest BCUT2D eigenvalue weighted by atomic mass is 19.4. The van der Waals surface area contributed by atoms with Crippen molar-refractivity contribution in [3.63, 3.8) is 0 Å². The summed E-state index contributed by atoms with van der Waals surface area (Å²) in [5.74, 6) is -0.301. The lowest BCUT2D eigenvalue weighted by atomic mass is 10.2. The number of ether oxygens (including phenoxy) is 1. The maximum atomic E-state index is 12.1. The van der Waals surface area contributed by atoms with E-state index in [0.717, 1.165) is 0 Å². The fourth-order valence-corrected chi connectivity index (χ4v) is 1.45. The lowest BCUT2D eigenvalue weighted by Gasteiger charge is -2.12. The molecule has 1 aromatic heterocycles. The van der Waals surface area contributed by atoms with Gasteiger partial charge in [-0.2, -0.15) is 0 Å². The number of hydrogen-bond acceptors (Lipinski definition) is 4. The summed E-state index contributed by atoms with van der Waals surface area (Å²) in [5, 5.41) is 2.89. The highest BCUT2D eigenvalue weighted by Crippen LogP contribution is 2.27. The Morgan fingerprint density at radius 1 is 1.21 bits per heavy atom. The van der Waals surface area contributed by atoms with E-state index in [9.17, 15) is 13.2 Å². The third-order valence-corrected chi connectivity index (χ3v) is 2.20. The SMILES string of the molecule is Nc1cnccc1Nc1cccc(OC(F)(F)F)c1. The van der Waals surface area contributed by atoms with Crippen molar-refractivity contribution in [2.45, 2.75) is 6.36 Å². The van der Waals surface area contributed by atoms with Gasteiger partial charge in [-0.15, -0.1) is 13.2 Å². The number of aromatic nitrogens is 1. The summed E-state index contributed by atoms with van der Waals surface area (Å²) in [6.45, 7) is 0. The van der Waals surface area contributed by atoms with E-state index in [1.54, 1.807) is 12.1 Å². The third-order valence-electron chi connectivity index (χ3n) is 2.20. The van der Waals surface area contributed by atoms with Crippen LogP contribution in [0.5, 0.6) is 5.75 Å². The van der Waals surface area contributed by atoms with Gasteiger partial charge in [-0.1, -0.05) is 6.07 Å². The summed E-state index contributed by atoms with van der Waals surface area (Å²) in [7, 11) is 0. The molecule has 1 aromatic carbocycles. The van der Waals surface area contributed by atoms with Crippen LogP contribution >= 0.6 is 0 Å². The van der Waals surface area contributed by atoms with Crippen molar-refractivity contribution >= 4 is 17.1 Å². The summed E-state index contributed by atoms with van der Waals surface area (Å²) in [6.07, 6.45) is -1.75. The maximum absolute atomic E-state index is 12.1. The van der Waals surface area contributed by atoms with Crippen LogP contribution in [0.1, 0.15) is 0 Å². The minimum absolute atomic E-state index is 0.301. The fourth-order valence-electron chi connectivity index (χ4n) is 1.45. The second kappa shape index (κ2) is 5.05. The molecule has 0 saturated heterocycles. The quantitative estimate of drug-likeness (QED) is 0.897. The molecule has 4 nitrogen and oxygen atoms in total. The van der Waals surface area contributed by atoms with Crippen LogP contribution in [0, 0.1) is 0 Å². The molecule has 0 aliphatic carbocycles. The van der Waals surface area contributed by atoms with Gasteiger partial charge in [0.2, 0.25) is 0 Å². The van der Waals surface area contributed by atoms with Crippen LogP contribution in [-0.4, -0.2) is 11.3 Å². The van der Waals surface area contributed by atoms with E-state index < -0.39 is 6.36 Å². The van der Waals surface area contributed by atoms with Crippen molar-refractivity contribution < 1.29 is 17.9 Å². The standard InChI is InChI=1S/C12H10F3N3O/c13-12(14,15)19-9-3-1-2-8(6-9)18-11-4-5-17-7-10(11)16/h1-7H,16H2,(H,17,18). The number of nitrogen functional groups attached to an aromatic ring is 1. The van der Waals surface area contributed by atoms with Gasteiger partial charge in [0, 0.05) is 18.0 Å². The number of halogens is 3. The first-order chi connectivity index (χ1) is 8.94. The molecule has 0 aliphatic rings. The Balaban J connectivity index is 2.18. The molecule has 0 fully saturated rings. The molecule has 3 N–H and O–H groups in total. The topological polar surface area (TPSA) is 60.2 Å². The first-order valence-electron chi connectivity index (χ1n) is 5.26. The Bertz CT molecular complexity index is 572. The Kier molecular flexibility index (Phi) is 3.46. The van der Waals surface area contributed by atoms with Crippen molar-refractivity contribution in [3.05, 3.63) is 42.7 Å². The number of hydrogen-bond donors (Lipinski definition) is 2. The largest absolute Gasteiger partial charge is 0.573 e. The van der Waals surface area contributed by atoms with E-state index in [4.69, 9.17) is 5.73 Å². The Labute approximate surface area is 107 Å². The lowest BCUT2D eigenvalue weighted by Crippen LogP contribution is -2.17. The summed E-state index contributed by atoms with van der Waals surface area (Å²) >= 11 is 0. The predicted octanol–water partition coefficient (Wildman–Crippen LogP) is 3.31. The van der Waals surface area contributed by atoms with Crippen molar-refractivity contribution in [3.8, 4) is 5.75 Å². The number of alkyl halides is 3. The highest BCUT2D eigenvalue weighted by molar-refractivity contribution is 5.71. The Morgan fingerprint density at radius 2 is 2.00 bits per heavy atom. The van der Waals surface area contributed by atoms with Gasteiger partial charge in [0.25, 0.3) is 0 Å². The van der Waals surface area contributed by atoms with Gasteiger partial charge in [-0.25, -0.2) is 0 Å². The molecule has 0 atom stereocenters. The van der Waals surface area contributed by atoms with E-state index in [0.29, 0.717) is 17.1 Å². The van der Waals surface area contributed by atoms with Gasteiger partial charge in [-0.05, 0) is 18.2 Å². The van der Waals surface area contributed by atoms with Gasteiger partial charge < -0.3 is 15.8 Å². The number of nitrogens with one attached hydrogen (secondary N) is 1. The number of rotatable bonds is 3. The molecule has 0 saturated carbocycles. The van der Waals surface area contributed by atoms with Gasteiger partial charge in [-0.3, -0.25) is 4.98 Å². The Morgan fingerprint density at radius 3 is 2.68 bits per heavy atom. The molecule has 0 spiro atoms. The third kappa shape index (κ3) is 3.77. The molecule has 0 bridgehead atoms. The van der Waals surface area contributed by atoms with E-state index in [1.165, 1.54) is 30.6 Å². The first-order valence-corrected chi connectivity index (χ1v) is 5.26. The monoisotopic (exact) mass is 269 g/mol. The van der Waals surface area contributed by atoms with E-state index in [2.05, 4.69) is 15.0 Å². The van der Waals surface area contributed by atoms with Crippen molar-refractivity contribution in [2.24, 2.45) is 0 Å². The van der Waals surface area contributed by atoms with Crippen molar-refractivity contribution in [1.82, 2.24) is 4.98 Å². The normalized spacial score (nSPS) is 11.1. The van der Waals surface area contributed by atoms with Gasteiger partial charge in [0.1, 0.15) is 5.75 Å². The molecule has 0 amide bonds. The van der Waals surface area contributed by atoms with Crippen LogP contribution in [0.2, 0.25) is 0 Å². The molecule has 19 heavy (non-hydrogen) atoms. The van der Waals surface area contributed by atoms with E-state index in [1.807, 2.05) is 0 Å². The molecule has 2 rings (SSSR count). The number of nitrogens with zero attached hydrogens (tertiary/aromatic N) is 1. The zero-order valence-corrected chi connectivity index (χ0v) is 9.61. The smallest absolute Gasteiger partial charge is 0.406 e. The molecule has 2 aromatic rings. The van der Waals surface area contributed by atoms with E-state index >= 15 is 0 Å². The molecule has 0 unspecified atom stereocenters. The van der Waals surface area contributed by atoms with Crippen LogP contribution in [0.25, 0.3) is 0 Å². The van der Waals surface area contributed by atoms with E-state index in [-0.39, 0.29) is 5.75 Å².